The van der Waals surface area contributed by atoms with Gasteiger partial charge in [-0.05, 0) is 19.8 Å². The van der Waals surface area contributed by atoms with Crippen LogP contribution in [0.25, 0.3) is 0 Å². The van der Waals surface area contributed by atoms with Gasteiger partial charge in [0.05, 0.1) is 17.7 Å². The largest absolute Gasteiger partial charge is 0.351 e. The third-order valence-corrected chi connectivity index (χ3v) is 4.82. The van der Waals surface area contributed by atoms with E-state index in [-0.39, 0.29) is 0 Å². The molecule has 3 rings (SSSR count). The minimum Gasteiger partial charge on any atom is -0.351 e. The van der Waals surface area contributed by atoms with Crippen LogP contribution in [0.15, 0.2) is 17.9 Å². The smallest absolute Gasteiger partial charge is 0.203 e. The zero-order valence-corrected chi connectivity index (χ0v) is 12.1. The van der Waals surface area contributed by atoms with Gasteiger partial charge in [-0.2, -0.15) is 0 Å². The summed E-state index contributed by atoms with van der Waals surface area (Å²) in [5.74, 6) is 1.000. The minimum atomic E-state index is 0.626. The molecule has 0 saturated heterocycles. The van der Waals surface area contributed by atoms with Gasteiger partial charge in [-0.1, -0.05) is 19.3 Å². The van der Waals surface area contributed by atoms with E-state index in [1.807, 2.05) is 11.7 Å². The van der Waals surface area contributed by atoms with Crippen LogP contribution in [0.5, 0.6) is 0 Å². The molecule has 4 nitrogen and oxygen atoms in total. The van der Waals surface area contributed by atoms with Crippen LogP contribution in [0.1, 0.15) is 48.7 Å². The van der Waals surface area contributed by atoms with Crippen molar-refractivity contribution in [3.63, 3.8) is 0 Å². The summed E-state index contributed by atoms with van der Waals surface area (Å²) < 4.78 is 2.32. The molecule has 0 aromatic carbocycles. The highest BCUT2D eigenvalue weighted by Gasteiger charge is 2.17. The van der Waals surface area contributed by atoms with Gasteiger partial charge in [0, 0.05) is 23.3 Å². The molecule has 0 bridgehead atoms. The molecule has 0 amide bonds. The molecule has 0 unspecified atom stereocenters. The number of imidazole rings is 1. The summed E-state index contributed by atoms with van der Waals surface area (Å²) in [4.78, 5) is 10.0. The van der Waals surface area contributed by atoms with Crippen LogP contribution in [0.2, 0.25) is 0 Å². The lowest BCUT2D eigenvalue weighted by atomic mass is 9.95. The van der Waals surface area contributed by atoms with Crippen molar-refractivity contribution in [3.05, 3.63) is 28.5 Å². The first-order valence-corrected chi connectivity index (χ1v) is 7.88. The first-order chi connectivity index (χ1) is 9.34. The fraction of sp³-hybridized carbons (Fsp3) is 0.571. The SMILES string of the molecule is Cc1ncsc1CNc1nccn1C1CCCCC1. The number of hydrogen-bond acceptors (Lipinski definition) is 4. The van der Waals surface area contributed by atoms with Gasteiger partial charge in [-0.15, -0.1) is 11.3 Å². The van der Waals surface area contributed by atoms with Crippen LogP contribution in [-0.2, 0) is 6.54 Å². The Hall–Kier alpha value is -1.36. The van der Waals surface area contributed by atoms with E-state index >= 15 is 0 Å². The van der Waals surface area contributed by atoms with E-state index in [1.165, 1.54) is 37.0 Å². The van der Waals surface area contributed by atoms with Crippen molar-refractivity contribution in [2.45, 2.75) is 51.6 Å². The Morgan fingerprint density at radius 1 is 1.32 bits per heavy atom. The van der Waals surface area contributed by atoms with Crippen molar-refractivity contribution in [1.29, 1.82) is 0 Å². The van der Waals surface area contributed by atoms with Gasteiger partial charge < -0.3 is 9.88 Å². The third-order valence-electron chi connectivity index (χ3n) is 3.89. The summed E-state index contributed by atoms with van der Waals surface area (Å²) in [7, 11) is 0. The topological polar surface area (TPSA) is 42.7 Å². The molecule has 19 heavy (non-hydrogen) atoms. The number of anilines is 1. The van der Waals surface area contributed by atoms with Crippen LogP contribution in [0, 0.1) is 6.92 Å². The molecular formula is C14H20N4S. The predicted molar refractivity (Wildman–Crippen MR) is 78.5 cm³/mol. The molecule has 1 aliphatic rings. The molecule has 0 atom stereocenters. The van der Waals surface area contributed by atoms with E-state index in [1.54, 1.807) is 11.3 Å². The summed E-state index contributed by atoms with van der Waals surface area (Å²) >= 11 is 1.70. The van der Waals surface area contributed by atoms with Crippen LogP contribution in [0.4, 0.5) is 5.95 Å². The van der Waals surface area contributed by atoms with Gasteiger partial charge in [0.1, 0.15) is 0 Å². The predicted octanol–water partition coefficient (Wildman–Crippen LogP) is 3.77. The number of aromatic nitrogens is 3. The molecule has 2 heterocycles. The number of hydrogen-bond donors (Lipinski definition) is 1. The molecule has 1 saturated carbocycles. The highest BCUT2D eigenvalue weighted by atomic mass is 32.1. The molecule has 1 aliphatic carbocycles. The van der Waals surface area contributed by atoms with Crippen molar-refractivity contribution in [2.75, 3.05) is 5.32 Å². The molecule has 0 radical (unpaired) electrons. The lowest BCUT2D eigenvalue weighted by Crippen LogP contribution is -2.15. The Bertz CT molecular complexity index is 525. The average molecular weight is 276 g/mol. The Morgan fingerprint density at radius 3 is 2.89 bits per heavy atom. The maximum atomic E-state index is 4.46. The molecule has 2 aromatic heterocycles. The first-order valence-electron chi connectivity index (χ1n) is 7.00. The lowest BCUT2D eigenvalue weighted by molar-refractivity contribution is 0.356. The van der Waals surface area contributed by atoms with E-state index in [4.69, 9.17) is 0 Å². The van der Waals surface area contributed by atoms with E-state index < -0.39 is 0 Å². The third kappa shape index (κ3) is 2.81. The molecule has 0 spiro atoms. The summed E-state index contributed by atoms with van der Waals surface area (Å²) in [6.07, 6.45) is 10.6. The van der Waals surface area contributed by atoms with E-state index in [2.05, 4.69) is 33.0 Å². The van der Waals surface area contributed by atoms with Crippen molar-refractivity contribution in [2.24, 2.45) is 0 Å². The first kappa shape index (κ1) is 12.7. The molecule has 5 heteroatoms. The fourth-order valence-corrected chi connectivity index (χ4v) is 3.48. The van der Waals surface area contributed by atoms with Crippen molar-refractivity contribution < 1.29 is 0 Å². The Balaban J connectivity index is 1.68. The monoisotopic (exact) mass is 276 g/mol. The number of aryl methyl sites for hydroxylation is 1. The quantitative estimate of drug-likeness (QED) is 0.924. The Kier molecular flexibility index (Phi) is 3.82. The summed E-state index contributed by atoms with van der Waals surface area (Å²) in [6.45, 7) is 2.88. The van der Waals surface area contributed by atoms with Crippen LogP contribution in [0.3, 0.4) is 0 Å². The van der Waals surface area contributed by atoms with Gasteiger partial charge in [-0.3, -0.25) is 0 Å². The van der Waals surface area contributed by atoms with Gasteiger partial charge in [-0.25, -0.2) is 9.97 Å². The number of rotatable bonds is 4. The van der Waals surface area contributed by atoms with Crippen molar-refractivity contribution >= 4 is 17.3 Å². The van der Waals surface area contributed by atoms with Crippen LogP contribution >= 0.6 is 11.3 Å². The maximum absolute atomic E-state index is 4.46. The molecule has 2 aromatic rings. The summed E-state index contributed by atoms with van der Waals surface area (Å²) in [5.41, 5.74) is 3.02. The zero-order valence-electron chi connectivity index (χ0n) is 11.3. The number of nitrogens with one attached hydrogen (secondary N) is 1. The number of nitrogens with zero attached hydrogens (tertiary/aromatic N) is 3. The van der Waals surface area contributed by atoms with Crippen LogP contribution in [-0.4, -0.2) is 14.5 Å². The molecule has 1 N–H and O–H groups in total. The summed E-state index contributed by atoms with van der Waals surface area (Å²) in [5, 5.41) is 3.46. The van der Waals surface area contributed by atoms with Gasteiger partial charge in [0.25, 0.3) is 0 Å². The highest BCUT2D eigenvalue weighted by molar-refractivity contribution is 7.09. The molecule has 1 fully saturated rings. The second kappa shape index (κ2) is 5.74. The number of thiazole rings is 1. The standard InChI is InChI=1S/C14H20N4S/c1-11-13(19-10-17-11)9-16-14-15-7-8-18(14)12-5-3-2-4-6-12/h7-8,10,12H,2-6,9H2,1H3,(H,15,16). The van der Waals surface area contributed by atoms with Crippen LogP contribution < -0.4 is 5.32 Å². The maximum Gasteiger partial charge on any atom is 0.203 e. The second-order valence-corrected chi connectivity index (χ2v) is 6.10. The average Bonchev–Trinajstić information content (AvgIpc) is 3.06. The van der Waals surface area contributed by atoms with E-state index in [9.17, 15) is 0 Å². The molecular weight excluding hydrogens is 256 g/mol. The zero-order chi connectivity index (χ0) is 13.1. The van der Waals surface area contributed by atoms with Gasteiger partial charge in [0.2, 0.25) is 5.95 Å². The van der Waals surface area contributed by atoms with E-state index in [0.717, 1.165) is 18.2 Å². The summed E-state index contributed by atoms with van der Waals surface area (Å²) in [6, 6.07) is 0.626. The van der Waals surface area contributed by atoms with Crippen molar-refractivity contribution in [1.82, 2.24) is 14.5 Å². The highest BCUT2D eigenvalue weighted by Crippen LogP contribution is 2.30. The molecule has 102 valence electrons. The minimum absolute atomic E-state index is 0.626. The normalized spacial score (nSPS) is 16.7. The van der Waals surface area contributed by atoms with E-state index in [0.29, 0.717) is 6.04 Å². The van der Waals surface area contributed by atoms with Gasteiger partial charge in [0.15, 0.2) is 0 Å². The molecule has 0 aliphatic heterocycles. The van der Waals surface area contributed by atoms with Gasteiger partial charge >= 0.3 is 0 Å². The fourth-order valence-electron chi connectivity index (χ4n) is 2.76. The Labute approximate surface area is 117 Å². The Morgan fingerprint density at radius 2 is 2.16 bits per heavy atom. The lowest BCUT2D eigenvalue weighted by Gasteiger charge is -2.24. The second-order valence-electron chi connectivity index (χ2n) is 5.16. The van der Waals surface area contributed by atoms with Crippen molar-refractivity contribution in [3.8, 4) is 0 Å².